The Morgan fingerprint density at radius 3 is 2.29 bits per heavy atom. The molecule has 0 spiro atoms. The Morgan fingerprint density at radius 1 is 0.943 bits per heavy atom. The van der Waals surface area contributed by atoms with Gasteiger partial charge >= 0.3 is 0 Å². The maximum atomic E-state index is 12.4. The summed E-state index contributed by atoms with van der Waals surface area (Å²) < 4.78 is 1.98. The summed E-state index contributed by atoms with van der Waals surface area (Å²) in [5.74, 6) is 0.682. The topological polar surface area (TPSA) is 72.2 Å². The minimum absolute atomic E-state index is 0.163. The van der Waals surface area contributed by atoms with E-state index in [-0.39, 0.29) is 11.7 Å². The van der Waals surface area contributed by atoms with Crippen molar-refractivity contribution in [2.24, 2.45) is 5.10 Å². The van der Waals surface area contributed by atoms with E-state index in [1.807, 2.05) is 79.1 Å². The van der Waals surface area contributed by atoms with Gasteiger partial charge in [0.05, 0.1) is 12.0 Å². The standard InChI is InChI=1S/C28H27N5OS/c1-20-9-13-24(14-10-20)27-31-32-28(33(27)25-15-11-21(2)12-16-25)35-19-26(34)30-29-18-22(3)17-23-7-5-4-6-8-23/h4-18H,19H2,1-3H3,(H,30,34)/b22-17+,29-18-. The van der Waals surface area contributed by atoms with Gasteiger partial charge in [0.25, 0.3) is 5.91 Å². The first kappa shape index (κ1) is 24.2. The number of thioether (sulfide) groups is 1. The Balaban J connectivity index is 1.47. The first-order valence-electron chi connectivity index (χ1n) is 11.3. The lowest BCUT2D eigenvalue weighted by atomic mass is 10.1. The number of nitrogens with zero attached hydrogens (tertiary/aromatic N) is 4. The third-order valence-corrected chi connectivity index (χ3v) is 6.15. The Bertz CT molecular complexity index is 1340. The van der Waals surface area contributed by atoms with Gasteiger partial charge in [-0.25, -0.2) is 5.43 Å². The quantitative estimate of drug-likeness (QED) is 0.195. The van der Waals surface area contributed by atoms with Gasteiger partial charge in [0.2, 0.25) is 0 Å². The lowest BCUT2D eigenvalue weighted by molar-refractivity contribution is -0.118. The number of carbonyl (C=O) groups excluding carboxylic acids is 1. The summed E-state index contributed by atoms with van der Waals surface area (Å²) in [5.41, 5.74) is 8.86. The predicted molar refractivity (Wildman–Crippen MR) is 144 cm³/mol. The van der Waals surface area contributed by atoms with E-state index in [9.17, 15) is 4.79 Å². The number of nitrogens with one attached hydrogen (secondary N) is 1. The number of allylic oxidation sites excluding steroid dienone is 1. The zero-order chi connectivity index (χ0) is 24.6. The molecule has 1 aromatic heterocycles. The highest BCUT2D eigenvalue weighted by Crippen LogP contribution is 2.28. The molecular weight excluding hydrogens is 454 g/mol. The summed E-state index contributed by atoms with van der Waals surface area (Å²) in [6.45, 7) is 6.04. The molecule has 1 amide bonds. The van der Waals surface area contributed by atoms with Crippen LogP contribution in [0.25, 0.3) is 23.2 Å². The molecule has 1 heterocycles. The highest BCUT2D eigenvalue weighted by Gasteiger charge is 2.17. The number of carbonyl (C=O) groups is 1. The Labute approximate surface area is 209 Å². The summed E-state index contributed by atoms with van der Waals surface area (Å²) in [7, 11) is 0. The van der Waals surface area contributed by atoms with E-state index in [2.05, 4.69) is 51.9 Å². The minimum Gasteiger partial charge on any atom is -0.272 e. The second kappa shape index (κ2) is 11.4. The van der Waals surface area contributed by atoms with Crippen molar-refractivity contribution in [2.45, 2.75) is 25.9 Å². The van der Waals surface area contributed by atoms with Crippen molar-refractivity contribution in [3.8, 4) is 17.1 Å². The van der Waals surface area contributed by atoms with Crippen LogP contribution in [-0.2, 0) is 4.79 Å². The zero-order valence-electron chi connectivity index (χ0n) is 20.0. The first-order chi connectivity index (χ1) is 17.0. The molecule has 6 nitrogen and oxygen atoms in total. The van der Waals surface area contributed by atoms with Crippen LogP contribution >= 0.6 is 11.8 Å². The monoisotopic (exact) mass is 481 g/mol. The van der Waals surface area contributed by atoms with E-state index in [0.29, 0.717) is 5.16 Å². The van der Waals surface area contributed by atoms with Gasteiger partial charge in [-0.2, -0.15) is 5.10 Å². The lowest BCUT2D eigenvalue weighted by Gasteiger charge is -2.11. The Hall–Kier alpha value is -3.97. The van der Waals surface area contributed by atoms with E-state index < -0.39 is 0 Å². The largest absolute Gasteiger partial charge is 0.272 e. The molecule has 4 rings (SSSR count). The normalized spacial score (nSPS) is 11.7. The number of benzene rings is 3. The van der Waals surface area contributed by atoms with Crippen LogP contribution in [0.1, 0.15) is 23.6 Å². The molecule has 0 aliphatic carbocycles. The molecule has 7 heteroatoms. The van der Waals surface area contributed by atoms with Gasteiger partial charge < -0.3 is 0 Å². The molecule has 3 aromatic carbocycles. The smallest absolute Gasteiger partial charge is 0.250 e. The van der Waals surface area contributed by atoms with Crippen LogP contribution in [0.15, 0.2) is 94.7 Å². The molecule has 0 bridgehead atoms. The van der Waals surface area contributed by atoms with Gasteiger partial charge in [-0.1, -0.05) is 95.7 Å². The van der Waals surface area contributed by atoms with Crippen molar-refractivity contribution >= 4 is 30.0 Å². The van der Waals surface area contributed by atoms with Gasteiger partial charge in [0.1, 0.15) is 0 Å². The van der Waals surface area contributed by atoms with Gasteiger partial charge in [-0.05, 0) is 44.0 Å². The molecule has 35 heavy (non-hydrogen) atoms. The number of aryl methyl sites for hydroxylation is 2. The van der Waals surface area contributed by atoms with E-state index in [0.717, 1.165) is 28.2 Å². The molecule has 4 aromatic rings. The molecule has 1 N–H and O–H groups in total. The van der Waals surface area contributed by atoms with Crippen molar-refractivity contribution in [1.82, 2.24) is 20.2 Å². The lowest BCUT2D eigenvalue weighted by Crippen LogP contribution is -2.20. The fourth-order valence-corrected chi connectivity index (χ4v) is 4.14. The van der Waals surface area contributed by atoms with Crippen LogP contribution in [0.4, 0.5) is 0 Å². The van der Waals surface area contributed by atoms with Crippen LogP contribution in [-0.4, -0.2) is 32.6 Å². The minimum atomic E-state index is -0.214. The number of amides is 1. The second-order valence-electron chi connectivity index (χ2n) is 8.22. The van der Waals surface area contributed by atoms with Crippen LogP contribution < -0.4 is 5.43 Å². The van der Waals surface area contributed by atoms with Crippen molar-refractivity contribution in [3.05, 3.63) is 101 Å². The van der Waals surface area contributed by atoms with E-state index in [1.165, 1.54) is 22.9 Å². The molecule has 0 fully saturated rings. The summed E-state index contributed by atoms with van der Waals surface area (Å²) in [6.07, 6.45) is 3.64. The third-order valence-electron chi connectivity index (χ3n) is 5.22. The molecule has 0 unspecified atom stereocenters. The number of hydrogen-bond donors (Lipinski definition) is 1. The predicted octanol–water partition coefficient (Wildman–Crippen LogP) is 5.85. The number of rotatable bonds is 8. The zero-order valence-corrected chi connectivity index (χ0v) is 20.8. The maximum absolute atomic E-state index is 12.4. The fourth-order valence-electron chi connectivity index (χ4n) is 3.40. The SMILES string of the molecule is CC(/C=N\NC(=O)CSc1nnc(-c2ccc(C)cc2)n1-c1ccc(C)cc1)=C\c1ccccc1. The molecule has 0 aliphatic heterocycles. The highest BCUT2D eigenvalue weighted by molar-refractivity contribution is 7.99. The molecule has 0 atom stereocenters. The Kier molecular flexibility index (Phi) is 7.90. The van der Waals surface area contributed by atoms with Gasteiger partial charge in [-0.3, -0.25) is 9.36 Å². The maximum Gasteiger partial charge on any atom is 0.250 e. The fraction of sp³-hybridized carbons (Fsp3) is 0.143. The molecule has 0 saturated heterocycles. The van der Waals surface area contributed by atoms with E-state index in [4.69, 9.17) is 0 Å². The van der Waals surface area contributed by atoms with Gasteiger partial charge in [0.15, 0.2) is 11.0 Å². The Morgan fingerprint density at radius 2 is 1.60 bits per heavy atom. The first-order valence-corrected chi connectivity index (χ1v) is 12.3. The summed E-state index contributed by atoms with van der Waals surface area (Å²) in [5, 5.41) is 13.6. The van der Waals surface area contributed by atoms with E-state index in [1.54, 1.807) is 6.21 Å². The summed E-state index contributed by atoms with van der Waals surface area (Å²) >= 11 is 1.32. The summed E-state index contributed by atoms with van der Waals surface area (Å²) in [6, 6.07) is 26.3. The van der Waals surface area contributed by atoms with Gasteiger partial charge in [-0.15, -0.1) is 10.2 Å². The average Bonchev–Trinajstić information content (AvgIpc) is 3.28. The van der Waals surface area contributed by atoms with Crippen molar-refractivity contribution in [2.75, 3.05) is 5.75 Å². The van der Waals surface area contributed by atoms with E-state index >= 15 is 0 Å². The van der Waals surface area contributed by atoms with Crippen molar-refractivity contribution in [3.63, 3.8) is 0 Å². The highest BCUT2D eigenvalue weighted by atomic mass is 32.2. The molecule has 0 aliphatic rings. The van der Waals surface area contributed by atoms with Gasteiger partial charge in [0, 0.05) is 11.3 Å². The average molecular weight is 482 g/mol. The third kappa shape index (κ3) is 6.55. The molecular formula is C28H27N5OS. The molecule has 0 saturated carbocycles. The van der Waals surface area contributed by atoms with Crippen LogP contribution in [0.5, 0.6) is 0 Å². The number of hydrogen-bond acceptors (Lipinski definition) is 5. The van der Waals surface area contributed by atoms with Crippen molar-refractivity contribution in [1.29, 1.82) is 0 Å². The molecule has 0 radical (unpaired) electrons. The van der Waals surface area contributed by atoms with Crippen LogP contribution in [0.2, 0.25) is 0 Å². The number of hydrazone groups is 1. The van der Waals surface area contributed by atoms with Crippen LogP contribution in [0, 0.1) is 13.8 Å². The van der Waals surface area contributed by atoms with Crippen molar-refractivity contribution < 1.29 is 4.79 Å². The second-order valence-corrected chi connectivity index (χ2v) is 9.17. The summed E-state index contributed by atoms with van der Waals surface area (Å²) in [4.78, 5) is 12.4. The van der Waals surface area contributed by atoms with Crippen LogP contribution in [0.3, 0.4) is 0 Å². The molecule has 176 valence electrons. The number of aromatic nitrogens is 3.